The number of nitrogens with zero attached hydrogens (tertiary/aromatic N) is 2. The van der Waals surface area contributed by atoms with E-state index < -0.39 is 42.0 Å². The summed E-state index contributed by atoms with van der Waals surface area (Å²) in [5.74, 6) is -3.31. The Kier molecular flexibility index (Phi) is 5.36. The molecular formula is C17H14BrF3N4O2. The zero-order valence-electron chi connectivity index (χ0n) is 14.0. The first-order chi connectivity index (χ1) is 12.8. The van der Waals surface area contributed by atoms with E-state index in [4.69, 9.17) is 0 Å². The Balaban J connectivity index is 1.68. The molecule has 1 aliphatic heterocycles. The average Bonchev–Trinajstić information content (AvgIpc) is 2.59. The predicted octanol–water partition coefficient (Wildman–Crippen LogP) is 3.49. The first-order valence-electron chi connectivity index (χ1n) is 7.89. The molecule has 142 valence electrons. The van der Waals surface area contributed by atoms with Gasteiger partial charge in [0, 0.05) is 16.2 Å². The van der Waals surface area contributed by atoms with Crippen LogP contribution in [-0.2, 0) is 11.3 Å². The normalized spacial score (nSPS) is 14.4. The monoisotopic (exact) mass is 442 g/mol. The van der Waals surface area contributed by atoms with Crippen molar-refractivity contribution in [3.8, 4) is 0 Å². The van der Waals surface area contributed by atoms with Crippen LogP contribution in [0.4, 0.5) is 23.7 Å². The standard InChI is InChI=1S/C17H14BrF3N4O2/c1-8(16-12(20)4-9(18)5-22-16)23-14(26)7-25-6-10-13(24-17(25)27)3-2-11(19)15(10)21/h2-5,8H,6-7H2,1H3,(H,23,26)(H,24,27)/t8-/m1/s1. The van der Waals surface area contributed by atoms with Crippen LogP contribution in [0.15, 0.2) is 28.9 Å². The zero-order valence-corrected chi connectivity index (χ0v) is 15.6. The van der Waals surface area contributed by atoms with Crippen LogP contribution >= 0.6 is 15.9 Å². The van der Waals surface area contributed by atoms with Gasteiger partial charge in [0.05, 0.1) is 24.0 Å². The molecule has 2 aromatic rings. The Morgan fingerprint density at radius 2 is 2.11 bits per heavy atom. The lowest BCUT2D eigenvalue weighted by Gasteiger charge is -2.29. The highest BCUT2D eigenvalue weighted by Gasteiger charge is 2.28. The third-order valence-electron chi connectivity index (χ3n) is 4.03. The molecule has 1 atom stereocenters. The molecule has 6 nitrogen and oxygen atoms in total. The minimum Gasteiger partial charge on any atom is -0.346 e. The molecule has 1 aromatic carbocycles. The highest BCUT2D eigenvalue weighted by molar-refractivity contribution is 9.10. The third kappa shape index (κ3) is 4.05. The molecule has 0 fully saturated rings. The van der Waals surface area contributed by atoms with Gasteiger partial charge in [0.25, 0.3) is 0 Å². The van der Waals surface area contributed by atoms with Crippen LogP contribution in [0, 0.1) is 17.5 Å². The van der Waals surface area contributed by atoms with E-state index in [0.717, 1.165) is 11.0 Å². The summed E-state index contributed by atoms with van der Waals surface area (Å²) < 4.78 is 41.7. The Bertz CT molecular complexity index is 925. The van der Waals surface area contributed by atoms with Crippen molar-refractivity contribution >= 4 is 33.6 Å². The van der Waals surface area contributed by atoms with Crippen molar-refractivity contribution in [3.05, 3.63) is 57.6 Å². The molecule has 2 heterocycles. The average molecular weight is 443 g/mol. The van der Waals surface area contributed by atoms with Crippen molar-refractivity contribution in [1.82, 2.24) is 15.2 Å². The number of benzene rings is 1. The lowest BCUT2D eigenvalue weighted by molar-refractivity contribution is -0.122. The second-order valence-electron chi connectivity index (χ2n) is 5.98. The van der Waals surface area contributed by atoms with Gasteiger partial charge in [-0.3, -0.25) is 9.78 Å². The molecular weight excluding hydrogens is 429 g/mol. The summed E-state index contributed by atoms with van der Waals surface area (Å²) in [6.07, 6.45) is 1.40. The molecule has 0 unspecified atom stereocenters. The van der Waals surface area contributed by atoms with Gasteiger partial charge in [0.2, 0.25) is 5.91 Å². The second kappa shape index (κ2) is 7.55. The lowest BCUT2D eigenvalue weighted by atomic mass is 10.1. The third-order valence-corrected chi connectivity index (χ3v) is 4.47. The maximum Gasteiger partial charge on any atom is 0.322 e. The summed E-state index contributed by atoms with van der Waals surface area (Å²) in [6.45, 7) is 0.860. The smallest absolute Gasteiger partial charge is 0.322 e. The summed E-state index contributed by atoms with van der Waals surface area (Å²) in [6, 6.07) is 2.02. The fourth-order valence-corrected chi connectivity index (χ4v) is 3.02. The number of hydrogen-bond acceptors (Lipinski definition) is 3. The van der Waals surface area contributed by atoms with Gasteiger partial charge in [0.1, 0.15) is 12.4 Å². The zero-order chi connectivity index (χ0) is 19.7. The van der Waals surface area contributed by atoms with Crippen molar-refractivity contribution in [2.24, 2.45) is 0 Å². The van der Waals surface area contributed by atoms with Gasteiger partial charge in [-0.1, -0.05) is 0 Å². The van der Waals surface area contributed by atoms with E-state index in [2.05, 4.69) is 31.5 Å². The van der Waals surface area contributed by atoms with E-state index in [1.165, 1.54) is 25.3 Å². The molecule has 1 aromatic heterocycles. The molecule has 2 N–H and O–H groups in total. The van der Waals surface area contributed by atoms with Gasteiger partial charge in [0.15, 0.2) is 11.6 Å². The molecule has 0 aliphatic carbocycles. The van der Waals surface area contributed by atoms with E-state index >= 15 is 0 Å². The van der Waals surface area contributed by atoms with E-state index in [9.17, 15) is 22.8 Å². The first-order valence-corrected chi connectivity index (χ1v) is 8.68. The van der Waals surface area contributed by atoms with Gasteiger partial charge in [-0.05, 0) is 41.1 Å². The van der Waals surface area contributed by atoms with Gasteiger partial charge < -0.3 is 15.5 Å². The fourth-order valence-electron chi connectivity index (χ4n) is 2.72. The molecule has 10 heteroatoms. The number of fused-ring (bicyclic) bond motifs is 1. The van der Waals surface area contributed by atoms with E-state index in [1.807, 2.05) is 0 Å². The Labute approximate surface area is 160 Å². The number of aromatic nitrogens is 1. The summed E-state index contributed by atoms with van der Waals surface area (Å²) in [7, 11) is 0. The SMILES string of the molecule is C[C@@H](NC(=O)CN1Cc2c(ccc(F)c2F)NC1=O)c1ncc(Br)cc1F. The van der Waals surface area contributed by atoms with E-state index in [0.29, 0.717) is 4.47 Å². The molecule has 27 heavy (non-hydrogen) atoms. The topological polar surface area (TPSA) is 74.3 Å². The number of amides is 3. The minimum absolute atomic E-state index is 0.0353. The van der Waals surface area contributed by atoms with Crippen LogP contribution < -0.4 is 10.6 Å². The van der Waals surface area contributed by atoms with E-state index in [-0.39, 0.29) is 23.5 Å². The maximum atomic E-state index is 13.9. The maximum absolute atomic E-state index is 13.9. The Morgan fingerprint density at radius 1 is 1.37 bits per heavy atom. The molecule has 0 bridgehead atoms. The number of halogens is 4. The van der Waals surface area contributed by atoms with Crippen LogP contribution in [0.2, 0.25) is 0 Å². The molecule has 3 amide bonds. The number of rotatable bonds is 4. The highest BCUT2D eigenvalue weighted by atomic mass is 79.9. The lowest BCUT2D eigenvalue weighted by Crippen LogP contribution is -2.45. The van der Waals surface area contributed by atoms with Gasteiger partial charge in [-0.2, -0.15) is 0 Å². The number of anilines is 1. The Morgan fingerprint density at radius 3 is 2.81 bits per heavy atom. The fraction of sp³-hybridized carbons (Fsp3) is 0.235. The van der Waals surface area contributed by atoms with Gasteiger partial charge >= 0.3 is 6.03 Å². The Hall–Kier alpha value is -2.62. The predicted molar refractivity (Wildman–Crippen MR) is 94.2 cm³/mol. The van der Waals surface area contributed by atoms with Crippen LogP contribution in [0.3, 0.4) is 0 Å². The number of urea groups is 1. The van der Waals surface area contributed by atoms with Crippen LogP contribution in [0.1, 0.15) is 24.2 Å². The van der Waals surface area contributed by atoms with Crippen LogP contribution in [0.25, 0.3) is 0 Å². The number of nitrogens with one attached hydrogen (secondary N) is 2. The summed E-state index contributed by atoms with van der Waals surface area (Å²) in [5.41, 5.74) is 0.147. The summed E-state index contributed by atoms with van der Waals surface area (Å²) in [4.78, 5) is 29.2. The van der Waals surface area contributed by atoms with Crippen molar-refractivity contribution in [3.63, 3.8) is 0 Å². The van der Waals surface area contributed by atoms with Crippen molar-refractivity contribution in [2.75, 3.05) is 11.9 Å². The largest absolute Gasteiger partial charge is 0.346 e. The highest BCUT2D eigenvalue weighted by Crippen LogP contribution is 2.27. The van der Waals surface area contributed by atoms with Crippen LogP contribution in [-0.4, -0.2) is 28.4 Å². The van der Waals surface area contributed by atoms with Crippen molar-refractivity contribution in [1.29, 1.82) is 0 Å². The molecule has 3 rings (SSSR count). The van der Waals surface area contributed by atoms with Gasteiger partial charge in [-0.15, -0.1) is 0 Å². The molecule has 0 saturated carbocycles. The summed E-state index contributed by atoms with van der Waals surface area (Å²) >= 11 is 3.09. The van der Waals surface area contributed by atoms with Crippen molar-refractivity contribution < 1.29 is 22.8 Å². The molecule has 1 aliphatic rings. The molecule has 0 saturated heterocycles. The number of carbonyl (C=O) groups is 2. The van der Waals surface area contributed by atoms with E-state index in [1.54, 1.807) is 0 Å². The van der Waals surface area contributed by atoms with Gasteiger partial charge in [-0.25, -0.2) is 18.0 Å². The first kappa shape index (κ1) is 19.2. The molecule has 0 radical (unpaired) electrons. The molecule has 0 spiro atoms. The number of hydrogen-bond donors (Lipinski definition) is 2. The quantitative estimate of drug-likeness (QED) is 0.760. The summed E-state index contributed by atoms with van der Waals surface area (Å²) in [5, 5.41) is 4.93. The number of pyridine rings is 1. The second-order valence-corrected chi connectivity index (χ2v) is 6.90. The van der Waals surface area contributed by atoms with Crippen LogP contribution in [0.5, 0.6) is 0 Å². The van der Waals surface area contributed by atoms with Crippen molar-refractivity contribution in [2.45, 2.75) is 19.5 Å². The number of carbonyl (C=O) groups excluding carboxylic acids is 2. The minimum atomic E-state index is -1.08.